The van der Waals surface area contributed by atoms with Crippen LogP contribution >= 0.6 is 0 Å². The van der Waals surface area contributed by atoms with Gasteiger partial charge in [0, 0.05) is 37.1 Å². The second kappa shape index (κ2) is 8.93. The Balaban J connectivity index is 2.16. The molecular weight excluding hydrogens is 322 g/mol. The summed E-state index contributed by atoms with van der Waals surface area (Å²) in [7, 11) is 8.77. The van der Waals surface area contributed by atoms with Crippen LogP contribution in [0.3, 0.4) is 0 Å². The van der Waals surface area contributed by atoms with E-state index in [1.54, 1.807) is 33.6 Å². The van der Waals surface area contributed by atoms with Crippen molar-refractivity contribution in [3.63, 3.8) is 0 Å². The molecule has 0 radical (unpaired) electrons. The molecule has 0 saturated carbocycles. The van der Waals surface area contributed by atoms with Crippen molar-refractivity contribution in [3.05, 3.63) is 24.4 Å². The van der Waals surface area contributed by atoms with Crippen molar-refractivity contribution in [2.24, 2.45) is 0 Å². The minimum Gasteiger partial charge on any atom is -0.493 e. The molecule has 1 aromatic heterocycles. The van der Waals surface area contributed by atoms with Gasteiger partial charge in [-0.05, 0) is 20.2 Å². The van der Waals surface area contributed by atoms with Crippen molar-refractivity contribution in [1.82, 2.24) is 14.9 Å². The van der Waals surface area contributed by atoms with Gasteiger partial charge in [0.05, 0.1) is 21.3 Å². The highest BCUT2D eigenvalue weighted by molar-refractivity contribution is 5.66. The van der Waals surface area contributed by atoms with Crippen molar-refractivity contribution in [2.45, 2.75) is 0 Å². The largest absolute Gasteiger partial charge is 0.493 e. The van der Waals surface area contributed by atoms with Gasteiger partial charge in [0.1, 0.15) is 5.82 Å². The van der Waals surface area contributed by atoms with Gasteiger partial charge in [0.2, 0.25) is 11.7 Å². The Bertz CT molecular complexity index is 669. The summed E-state index contributed by atoms with van der Waals surface area (Å²) in [6, 6.07) is 5.44. The molecule has 1 aromatic carbocycles. The number of likely N-dealkylation sites (N-methyl/N-ethyl adjacent to an activating group) is 1. The molecule has 1 heterocycles. The van der Waals surface area contributed by atoms with Crippen LogP contribution in [0.25, 0.3) is 0 Å². The van der Waals surface area contributed by atoms with E-state index in [1.807, 2.05) is 26.2 Å². The highest BCUT2D eigenvalue weighted by Crippen LogP contribution is 2.40. The highest BCUT2D eigenvalue weighted by Gasteiger charge is 2.13. The number of methoxy groups -OCH3 is 3. The van der Waals surface area contributed by atoms with E-state index < -0.39 is 0 Å². The normalized spacial score (nSPS) is 10.5. The van der Waals surface area contributed by atoms with Crippen LogP contribution in [0, 0.1) is 0 Å². The summed E-state index contributed by atoms with van der Waals surface area (Å²) in [6.07, 6.45) is 1.70. The number of nitrogens with one attached hydrogen (secondary N) is 2. The molecule has 0 spiro atoms. The van der Waals surface area contributed by atoms with Crippen LogP contribution < -0.4 is 24.8 Å². The van der Waals surface area contributed by atoms with Gasteiger partial charge in [-0.25, -0.2) is 4.98 Å². The molecule has 0 fully saturated rings. The first-order chi connectivity index (χ1) is 12.1. The maximum Gasteiger partial charge on any atom is 0.224 e. The van der Waals surface area contributed by atoms with Crippen molar-refractivity contribution >= 4 is 17.5 Å². The molecule has 8 heteroatoms. The van der Waals surface area contributed by atoms with Gasteiger partial charge in [0.15, 0.2) is 11.5 Å². The molecule has 0 aliphatic carbocycles. The number of nitrogens with zero attached hydrogens (tertiary/aromatic N) is 3. The van der Waals surface area contributed by atoms with Crippen molar-refractivity contribution in [2.75, 3.05) is 59.1 Å². The maximum absolute atomic E-state index is 5.36. The topological polar surface area (TPSA) is 80.8 Å². The lowest BCUT2D eigenvalue weighted by atomic mass is 10.2. The SMILES string of the molecule is COc1cc(Nc2ccnc(NCCN(C)C)n2)cc(OC)c1OC. The molecule has 0 amide bonds. The standard InChI is InChI=1S/C17H25N5O3/c1-22(2)9-8-19-17-18-7-6-15(21-17)20-12-10-13(23-3)16(25-5)14(11-12)24-4/h6-7,10-11H,8-9H2,1-5H3,(H2,18,19,20,21). The maximum atomic E-state index is 5.36. The first kappa shape index (κ1) is 18.6. The van der Waals surface area contributed by atoms with Gasteiger partial charge < -0.3 is 29.7 Å². The van der Waals surface area contributed by atoms with Crippen LogP contribution in [0.5, 0.6) is 17.2 Å². The first-order valence-corrected chi connectivity index (χ1v) is 7.86. The summed E-state index contributed by atoms with van der Waals surface area (Å²) in [5, 5.41) is 6.42. The molecule has 0 saturated heterocycles. The fourth-order valence-corrected chi connectivity index (χ4v) is 2.21. The van der Waals surface area contributed by atoms with Gasteiger partial charge in [0.25, 0.3) is 0 Å². The number of benzene rings is 1. The molecule has 0 unspecified atom stereocenters. The molecule has 2 rings (SSSR count). The molecule has 0 atom stereocenters. The van der Waals surface area contributed by atoms with Crippen molar-refractivity contribution < 1.29 is 14.2 Å². The van der Waals surface area contributed by atoms with E-state index in [4.69, 9.17) is 14.2 Å². The Morgan fingerprint density at radius 2 is 1.72 bits per heavy atom. The van der Waals surface area contributed by atoms with Gasteiger partial charge in [-0.15, -0.1) is 0 Å². The zero-order valence-corrected chi connectivity index (χ0v) is 15.3. The molecule has 25 heavy (non-hydrogen) atoms. The summed E-state index contributed by atoms with van der Waals surface area (Å²) < 4.78 is 16.1. The highest BCUT2D eigenvalue weighted by atomic mass is 16.5. The molecule has 136 valence electrons. The van der Waals surface area contributed by atoms with E-state index in [0.717, 1.165) is 18.8 Å². The van der Waals surface area contributed by atoms with Crippen LogP contribution in [-0.4, -0.2) is 63.4 Å². The van der Waals surface area contributed by atoms with Crippen LogP contribution in [0.15, 0.2) is 24.4 Å². The molecule has 0 aliphatic rings. The van der Waals surface area contributed by atoms with E-state index in [1.165, 1.54) is 0 Å². The zero-order valence-electron chi connectivity index (χ0n) is 15.3. The Labute approximate surface area is 148 Å². The Morgan fingerprint density at radius 3 is 2.28 bits per heavy atom. The summed E-state index contributed by atoms with van der Waals surface area (Å²) in [4.78, 5) is 10.8. The van der Waals surface area contributed by atoms with Crippen molar-refractivity contribution in [1.29, 1.82) is 0 Å². The van der Waals surface area contributed by atoms with Gasteiger partial charge >= 0.3 is 0 Å². The van der Waals surface area contributed by atoms with E-state index >= 15 is 0 Å². The van der Waals surface area contributed by atoms with Crippen molar-refractivity contribution in [3.8, 4) is 17.2 Å². The van der Waals surface area contributed by atoms with Crippen LogP contribution in [0.4, 0.5) is 17.5 Å². The predicted octanol–water partition coefficient (Wildman–Crippen LogP) is 2.22. The lowest BCUT2D eigenvalue weighted by Gasteiger charge is -2.15. The van der Waals surface area contributed by atoms with Crippen LogP contribution in [-0.2, 0) is 0 Å². The number of hydrogen-bond acceptors (Lipinski definition) is 8. The lowest BCUT2D eigenvalue weighted by Crippen LogP contribution is -2.21. The van der Waals surface area contributed by atoms with E-state index in [0.29, 0.717) is 29.0 Å². The second-order valence-electron chi connectivity index (χ2n) is 5.53. The molecule has 0 bridgehead atoms. The van der Waals surface area contributed by atoms with Gasteiger partial charge in [-0.2, -0.15) is 4.98 Å². The Hall–Kier alpha value is -2.74. The van der Waals surface area contributed by atoms with E-state index in [2.05, 4.69) is 25.5 Å². The lowest BCUT2D eigenvalue weighted by molar-refractivity contribution is 0.324. The molecule has 2 N–H and O–H groups in total. The van der Waals surface area contributed by atoms with Gasteiger partial charge in [-0.1, -0.05) is 0 Å². The Morgan fingerprint density at radius 1 is 1.04 bits per heavy atom. The zero-order chi connectivity index (χ0) is 18.2. The quantitative estimate of drug-likeness (QED) is 0.715. The summed E-state index contributed by atoms with van der Waals surface area (Å²) in [6.45, 7) is 1.66. The monoisotopic (exact) mass is 347 g/mol. The molecular formula is C17H25N5O3. The third-order valence-corrected chi connectivity index (χ3v) is 3.43. The Kier molecular flexibility index (Phi) is 6.64. The van der Waals surface area contributed by atoms with Gasteiger partial charge in [-0.3, -0.25) is 0 Å². The average molecular weight is 347 g/mol. The molecule has 2 aromatic rings. The van der Waals surface area contributed by atoms with Crippen LogP contribution in [0.2, 0.25) is 0 Å². The molecule has 8 nitrogen and oxygen atoms in total. The number of hydrogen-bond donors (Lipinski definition) is 2. The van der Waals surface area contributed by atoms with E-state index in [9.17, 15) is 0 Å². The minimum absolute atomic E-state index is 0.546. The first-order valence-electron chi connectivity index (χ1n) is 7.86. The summed E-state index contributed by atoms with van der Waals surface area (Å²) in [5.74, 6) is 2.92. The summed E-state index contributed by atoms with van der Waals surface area (Å²) in [5.41, 5.74) is 0.771. The number of rotatable bonds is 9. The number of anilines is 3. The third-order valence-electron chi connectivity index (χ3n) is 3.43. The minimum atomic E-state index is 0.546. The smallest absolute Gasteiger partial charge is 0.224 e. The van der Waals surface area contributed by atoms with E-state index in [-0.39, 0.29) is 0 Å². The second-order valence-corrected chi connectivity index (χ2v) is 5.53. The predicted molar refractivity (Wildman–Crippen MR) is 98.5 cm³/mol. The molecule has 0 aliphatic heterocycles. The number of aromatic nitrogens is 2. The third kappa shape index (κ3) is 5.12. The summed E-state index contributed by atoms with van der Waals surface area (Å²) >= 11 is 0. The average Bonchev–Trinajstić information content (AvgIpc) is 2.60. The van der Waals surface area contributed by atoms with Crippen LogP contribution in [0.1, 0.15) is 0 Å². The number of ether oxygens (including phenoxy) is 3. The fourth-order valence-electron chi connectivity index (χ4n) is 2.21. The fraction of sp³-hybridized carbons (Fsp3) is 0.412.